The van der Waals surface area contributed by atoms with Crippen molar-refractivity contribution in [2.24, 2.45) is 5.11 Å². The lowest BCUT2D eigenvalue weighted by Crippen LogP contribution is -2.34. The highest BCUT2D eigenvalue weighted by Crippen LogP contribution is 2.41. The number of carboxylic acids is 1. The van der Waals surface area contributed by atoms with Crippen LogP contribution < -0.4 is 5.32 Å². The van der Waals surface area contributed by atoms with Gasteiger partial charge in [0.05, 0.1) is 43.1 Å². The minimum Gasteiger partial charge on any atom is -0.478 e. The Hall–Kier alpha value is -3.00. The largest absolute Gasteiger partial charge is 0.478 e. The maximum Gasteiger partial charge on any atom is 0.336 e. The van der Waals surface area contributed by atoms with Crippen LogP contribution in [0.4, 0.5) is 0 Å². The zero-order chi connectivity index (χ0) is 20.7. The van der Waals surface area contributed by atoms with E-state index in [0.717, 1.165) is 0 Å². The van der Waals surface area contributed by atoms with E-state index in [9.17, 15) is 14.7 Å². The second-order valence-electron chi connectivity index (χ2n) is 5.81. The van der Waals surface area contributed by atoms with Crippen LogP contribution in [0.15, 0.2) is 51.9 Å². The first-order valence-electron chi connectivity index (χ1n) is 8.27. The Balaban J connectivity index is 2.53. The van der Waals surface area contributed by atoms with Gasteiger partial charge in [0.2, 0.25) is 0 Å². The fraction of sp³-hybridized carbons (Fsp3) is 0.333. The van der Waals surface area contributed by atoms with E-state index in [2.05, 4.69) is 15.3 Å². The number of azide groups is 1. The number of aliphatic carboxylic acids is 1. The van der Waals surface area contributed by atoms with Crippen molar-refractivity contribution in [3.8, 4) is 0 Å². The van der Waals surface area contributed by atoms with Crippen molar-refractivity contribution in [2.75, 3.05) is 26.9 Å². The van der Waals surface area contributed by atoms with E-state index < -0.39 is 17.9 Å². The molecule has 1 aliphatic heterocycles. The Kier molecular flexibility index (Phi) is 7.45. The summed E-state index contributed by atoms with van der Waals surface area (Å²) in [5.41, 5.74) is 9.58. The summed E-state index contributed by atoms with van der Waals surface area (Å²) in [6, 6.07) is 6.71. The average Bonchev–Trinajstić information content (AvgIpc) is 2.66. The first-order valence-corrected chi connectivity index (χ1v) is 8.65. The zero-order valence-corrected chi connectivity index (χ0v) is 16.1. The second-order valence-corrected chi connectivity index (χ2v) is 6.22. The summed E-state index contributed by atoms with van der Waals surface area (Å²) in [4.78, 5) is 27.2. The Morgan fingerprint density at radius 2 is 2.07 bits per heavy atom. The molecule has 0 radical (unpaired) electrons. The predicted molar refractivity (Wildman–Crippen MR) is 102 cm³/mol. The van der Waals surface area contributed by atoms with E-state index in [-0.39, 0.29) is 36.6 Å². The van der Waals surface area contributed by atoms with Gasteiger partial charge in [-0.3, -0.25) is 0 Å². The van der Waals surface area contributed by atoms with Crippen molar-refractivity contribution >= 4 is 23.5 Å². The molecule has 1 heterocycles. The third-order valence-corrected chi connectivity index (χ3v) is 4.49. The van der Waals surface area contributed by atoms with Gasteiger partial charge in [-0.25, -0.2) is 9.59 Å². The summed E-state index contributed by atoms with van der Waals surface area (Å²) in [5.74, 6) is -2.81. The van der Waals surface area contributed by atoms with E-state index in [1.165, 1.54) is 7.11 Å². The van der Waals surface area contributed by atoms with Crippen molar-refractivity contribution in [1.29, 1.82) is 0 Å². The van der Waals surface area contributed by atoms with Crippen LogP contribution in [0.25, 0.3) is 10.4 Å². The highest BCUT2D eigenvalue weighted by molar-refractivity contribution is 6.31. The molecule has 2 N–H and O–H groups in total. The molecule has 148 valence electrons. The maximum absolute atomic E-state index is 12.4. The maximum atomic E-state index is 12.4. The minimum absolute atomic E-state index is 0.0668. The topological polar surface area (TPSA) is 134 Å². The number of benzene rings is 1. The SMILES string of the molecule is COC(=O)C1=C(C)NC(COCCN=[N+]=[N-])=C(C(=O)O)C1c1ccccc1Cl. The number of methoxy groups -OCH3 is 1. The Labute approximate surface area is 166 Å². The zero-order valence-electron chi connectivity index (χ0n) is 15.3. The van der Waals surface area contributed by atoms with Gasteiger partial charge in [-0.05, 0) is 24.1 Å². The fourth-order valence-electron chi connectivity index (χ4n) is 2.99. The van der Waals surface area contributed by atoms with Gasteiger partial charge in [-0.2, -0.15) is 0 Å². The normalized spacial score (nSPS) is 16.3. The van der Waals surface area contributed by atoms with Gasteiger partial charge in [-0.15, -0.1) is 0 Å². The summed E-state index contributed by atoms with van der Waals surface area (Å²) >= 11 is 6.31. The summed E-state index contributed by atoms with van der Waals surface area (Å²) in [5, 5.41) is 16.5. The Morgan fingerprint density at radius 3 is 2.68 bits per heavy atom. The predicted octanol–water partition coefficient (Wildman–Crippen LogP) is 3.14. The van der Waals surface area contributed by atoms with E-state index >= 15 is 0 Å². The molecular formula is C18H19ClN4O5. The number of hydrogen-bond acceptors (Lipinski definition) is 6. The molecule has 0 bridgehead atoms. The van der Waals surface area contributed by atoms with Crippen molar-refractivity contribution in [3.63, 3.8) is 0 Å². The van der Waals surface area contributed by atoms with Crippen LogP contribution in [0.5, 0.6) is 0 Å². The molecule has 0 spiro atoms. The van der Waals surface area contributed by atoms with Gasteiger partial charge < -0.3 is 19.9 Å². The van der Waals surface area contributed by atoms with Gasteiger partial charge in [0, 0.05) is 22.2 Å². The molecule has 0 amide bonds. The fourth-order valence-corrected chi connectivity index (χ4v) is 3.23. The molecule has 0 saturated carbocycles. The number of halogens is 1. The number of carbonyl (C=O) groups is 2. The van der Waals surface area contributed by atoms with Crippen LogP contribution in [0, 0.1) is 0 Å². The van der Waals surface area contributed by atoms with E-state index in [1.807, 2.05) is 0 Å². The van der Waals surface area contributed by atoms with Crippen molar-refractivity contribution in [3.05, 3.63) is 67.8 Å². The molecule has 0 saturated heterocycles. The van der Waals surface area contributed by atoms with Gasteiger partial charge in [0.25, 0.3) is 0 Å². The number of nitrogens with zero attached hydrogens (tertiary/aromatic N) is 3. The van der Waals surface area contributed by atoms with Gasteiger partial charge in [0.15, 0.2) is 0 Å². The van der Waals surface area contributed by atoms with Crippen LogP contribution in [0.2, 0.25) is 5.02 Å². The van der Waals surface area contributed by atoms with E-state index in [1.54, 1.807) is 31.2 Å². The molecule has 1 aromatic rings. The minimum atomic E-state index is -1.22. The third-order valence-electron chi connectivity index (χ3n) is 4.14. The number of carbonyl (C=O) groups excluding carboxylic acids is 1. The number of carboxylic acid groups (broad SMARTS) is 1. The number of nitrogens with one attached hydrogen (secondary N) is 1. The van der Waals surface area contributed by atoms with E-state index in [4.69, 9.17) is 26.6 Å². The molecule has 1 unspecified atom stereocenters. The molecule has 9 nitrogen and oxygen atoms in total. The lowest BCUT2D eigenvalue weighted by molar-refractivity contribution is -0.136. The highest BCUT2D eigenvalue weighted by Gasteiger charge is 2.38. The molecule has 28 heavy (non-hydrogen) atoms. The van der Waals surface area contributed by atoms with Crippen LogP contribution in [0.1, 0.15) is 18.4 Å². The van der Waals surface area contributed by atoms with Crippen LogP contribution in [0.3, 0.4) is 0 Å². The average molecular weight is 407 g/mol. The molecule has 0 aromatic heterocycles. The lowest BCUT2D eigenvalue weighted by Gasteiger charge is -2.31. The number of hydrogen-bond donors (Lipinski definition) is 2. The molecule has 1 atom stereocenters. The summed E-state index contributed by atoms with van der Waals surface area (Å²) in [6.07, 6.45) is 0. The number of esters is 1. The Morgan fingerprint density at radius 1 is 1.36 bits per heavy atom. The van der Waals surface area contributed by atoms with Crippen molar-refractivity contribution in [2.45, 2.75) is 12.8 Å². The van der Waals surface area contributed by atoms with E-state index in [0.29, 0.717) is 16.3 Å². The number of dihydropyridines is 1. The third kappa shape index (κ3) is 4.64. The molecule has 10 heteroatoms. The van der Waals surface area contributed by atoms with Crippen molar-refractivity contribution < 1.29 is 24.2 Å². The van der Waals surface area contributed by atoms with Crippen LogP contribution in [-0.4, -0.2) is 43.9 Å². The Bertz CT molecular complexity index is 890. The molecule has 1 aromatic carbocycles. The van der Waals surface area contributed by atoms with Gasteiger partial charge >= 0.3 is 11.9 Å². The standard InChI is InChI=1S/C18H19ClN4O5/c1-10-14(18(26)27-2)15(11-5-3-4-6-12(11)19)16(17(24)25)13(22-10)9-28-8-7-21-23-20/h3-6,15,22H,7-9H2,1-2H3,(H,24,25). The second kappa shape index (κ2) is 9.80. The molecule has 0 aliphatic carbocycles. The van der Waals surface area contributed by atoms with Crippen molar-refractivity contribution in [1.82, 2.24) is 5.32 Å². The quantitative estimate of drug-likeness (QED) is 0.224. The van der Waals surface area contributed by atoms with Crippen LogP contribution >= 0.6 is 11.6 Å². The van der Waals surface area contributed by atoms with Gasteiger partial charge in [0.1, 0.15) is 0 Å². The summed E-state index contributed by atoms with van der Waals surface area (Å²) < 4.78 is 10.3. The monoisotopic (exact) mass is 406 g/mol. The smallest absolute Gasteiger partial charge is 0.336 e. The number of ether oxygens (including phenoxy) is 2. The van der Waals surface area contributed by atoms with Gasteiger partial charge in [-0.1, -0.05) is 34.9 Å². The summed E-state index contributed by atoms with van der Waals surface area (Å²) in [7, 11) is 1.23. The molecule has 0 fully saturated rings. The molecular weight excluding hydrogens is 388 g/mol. The highest BCUT2D eigenvalue weighted by atomic mass is 35.5. The summed E-state index contributed by atoms with van der Waals surface area (Å²) in [6.45, 7) is 1.80. The first kappa shape index (κ1) is 21.3. The number of rotatable bonds is 8. The lowest BCUT2D eigenvalue weighted by atomic mass is 9.80. The first-order chi connectivity index (χ1) is 13.4. The number of allylic oxidation sites excluding steroid dienone is 1. The molecule has 1 aliphatic rings. The molecule has 2 rings (SSSR count). The van der Waals surface area contributed by atoms with Crippen LogP contribution in [-0.2, 0) is 19.1 Å².